The van der Waals surface area contributed by atoms with Crippen molar-refractivity contribution in [3.8, 4) is 0 Å². The van der Waals surface area contributed by atoms with Crippen molar-refractivity contribution in [2.45, 2.75) is 39.3 Å². The number of nitrogens with one attached hydrogen (secondary N) is 1. The van der Waals surface area contributed by atoms with Gasteiger partial charge in [0.1, 0.15) is 6.04 Å². The van der Waals surface area contributed by atoms with E-state index in [1.807, 2.05) is 56.3 Å². The fourth-order valence-electron chi connectivity index (χ4n) is 4.10. The molecule has 33 heavy (non-hydrogen) atoms. The van der Waals surface area contributed by atoms with Crippen LogP contribution in [-0.2, 0) is 33.7 Å². The highest BCUT2D eigenvalue weighted by atomic mass is 16.5. The molecule has 3 aromatic rings. The lowest BCUT2D eigenvalue weighted by atomic mass is 9.93. The van der Waals surface area contributed by atoms with E-state index in [-0.39, 0.29) is 12.3 Å². The highest BCUT2D eigenvalue weighted by Gasteiger charge is 2.37. The number of carbonyl (C=O) groups excluding carboxylic acids is 3. The van der Waals surface area contributed by atoms with Gasteiger partial charge in [-0.15, -0.1) is 0 Å². The number of hydrogen-bond donors (Lipinski definition) is 1. The number of benzene rings is 2. The van der Waals surface area contributed by atoms with Gasteiger partial charge in [-0.1, -0.05) is 49.4 Å². The Morgan fingerprint density at radius 3 is 2.58 bits per heavy atom. The average molecular weight is 447 g/mol. The van der Waals surface area contributed by atoms with Crippen molar-refractivity contribution >= 4 is 23.5 Å². The smallest absolute Gasteiger partial charge is 0.329 e. The second kappa shape index (κ2) is 9.73. The number of nitrogens with zero attached hydrogens (tertiary/aromatic N) is 1. The molecule has 2 aromatic carbocycles. The Labute approximate surface area is 192 Å². The molecule has 1 aliphatic heterocycles. The van der Waals surface area contributed by atoms with Gasteiger partial charge in [-0.05, 0) is 47.7 Å². The minimum atomic E-state index is -0.852. The fraction of sp³-hybridized carbons (Fsp3) is 0.269. The van der Waals surface area contributed by atoms with E-state index >= 15 is 0 Å². The molecule has 0 fully saturated rings. The third-order valence-corrected chi connectivity index (χ3v) is 5.86. The van der Waals surface area contributed by atoms with Crippen LogP contribution in [0, 0.1) is 6.92 Å². The van der Waals surface area contributed by atoms with Gasteiger partial charge in [0.05, 0.1) is 6.26 Å². The number of fused-ring (bicyclic) bond motifs is 1. The van der Waals surface area contributed by atoms with Crippen molar-refractivity contribution in [2.75, 3.05) is 11.9 Å². The van der Waals surface area contributed by atoms with Gasteiger partial charge in [-0.3, -0.25) is 9.59 Å². The summed E-state index contributed by atoms with van der Waals surface area (Å²) in [6, 6.07) is 15.8. The van der Waals surface area contributed by atoms with Crippen LogP contribution in [0.1, 0.15) is 39.7 Å². The second-order valence-corrected chi connectivity index (χ2v) is 8.02. The molecule has 1 N–H and O–H groups in total. The van der Waals surface area contributed by atoms with Crippen LogP contribution >= 0.6 is 0 Å². The maximum absolute atomic E-state index is 13.0. The first-order valence-corrected chi connectivity index (χ1v) is 10.9. The van der Waals surface area contributed by atoms with Gasteiger partial charge in [0.25, 0.3) is 11.8 Å². The Morgan fingerprint density at radius 2 is 1.85 bits per heavy atom. The number of carbonyl (C=O) groups is 3. The first-order chi connectivity index (χ1) is 16.0. The molecule has 2 amide bonds. The van der Waals surface area contributed by atoms with Crippen LogP contribution in [0.4, 0.5) is 5.69 Å². The Bertz CT molecular complexity index is 1170. The van der Waals surface area contributed by atoms with Crippen molar-refractivity contribution < 1.29 is 23.5 Å². The number of para-hydroxylation sites is 1. The topological polar surface area (TPSA) is 88.9 Å². The zero-order chi connectivity index (χ0) is 23.4. The summed E-state index contributed by atoms with van der Waals surface area (Å²) in [4.78, 5) is 40.0. The average Bonchev–Trinajstić information content (AvgIpc) is 3.37. The fourth-order valence-corrected chi connectivity index (χ4v) is 4.10. The van der Waals surface area contributed by atoms with E-state index in [0.717, 1.165) is 34.4 Å². The summed E-state index contributed by atoms with van der Waals surface area (Å²) in [6.07, 6.45) is 2.49. The summed E-state index contributed by atoms with van der Waals surface area (Å²) in [5.74, 6) is -1.29. The van der Waals surface area contributed by atoms with Crippen LogP contribution in [0.5, 0.6) is 0 Å². The van der Waals surface area contributed by atoms with E-state index in [1.54, 1.807) is 12.1 Å². The van der Waals surface area contributed by atoms with Crippen molar-refractivity contribution in [1.82, 2.24) is 4.90 Å². The molecule has 0 aliphatic carbocycles. The quantitative estimate of drug-likeness (QED) is 0.580. The van der Waals surface area contributed by atoms with Gasteiger partial charge >= 0.3 is 5.97 Å². The molecular formula is C26H26N2O5. The van der Waals surface area contributed by atoms with Crippen LogP contribution < -0.4 is 5.32 Å². The van der Waals surface area contributed by atoms with Crippen LogP contribution in [0.2, 0.25) is 0 Å². The van der Waals surface area contributed by atoms with E-state index in [0.29, 0.717) is 6.42 Å². The Morgan fingerprint density at radius 1 is 1.06 bits per heavy atom. The van der Waals surface area contributed by atoms with E-state index in [1.165, 1.54) is 11.2 Å². The van der Waals surface area contributed by atoms with Crippen molar-refractivity contribution in [1.29, 1.82) is 0 Å². The summed E-state index contributed by atoms with van der Waals surface area (Å²) in [5, 5.41) is 2.85. The summed E-state index contributed by atoms with van der Waals surface area (Å²) >= 11 is 0. The van der Waals surface area contributed by atoms with Gasteiger partial charge in [0.2, 0.25) is 0 Å². The highest BCUT2D eigenvalue weighted by molar-refractivity contribution is 5.97. The van der Waals surface area contributed by atoms with Gasteiger partial charge in [-0.25, -0.2) is 4.79 Å². The molecule has 0 saturated heterocycles. The molecule has 1 atom stereocenters. The van der Waals surface area contributed by atoms with Crippen molar-refractivity contribution in [2.24, 2.45) is 0 Å². The zero-order valence-electron chi connectivity index (χ0n) is 18.7. The Kier molecular flexibility index (Phi) is 6.58. The third kappa shape index (κ3) is 4.82. The summed E-state index contributed by atoms with van der Waals surface area (Å²) < 4.78 is 10.6. The number of esters is 1. The summed E-state index contributed by atoms with van der Waals surface area (Å²) in [7, 11) is 0. The number of aryl methyl sites for hydroxylation is 2. The van der Waals surface area contributed by atoms with E-state index in [4.69, 9.17) is 9.15 Å². The molecule has 1 unspecified atom stereocenters. The minimum Gasteiger partial charge on any atom is -0.459 e. The summed E-state index contributed by atoms with van der Waals surface area (Å²) in [6.45, 7) is 3.75. The Hall–Kier alpha value is -3.87. The molecule has 1 aromatic heterocycles. The zero-order valence-corrected chi connectivity index (χ0v) is 18.7. The number of rotatable bonds is 6. The van der Waals surface area contributed by atoms with Gasteiger partial charge in [-0.2, -0.15) is 0 Å². The lowest BCUT2D eigenvalue weighted by molar-refractivity contribution is -0.152. The predicted molar refractivity (Wildman–Crippen MR) is 123 cm³/mol. The van der Waals surface area contributed by atoms with Crippen LogP contribution in [0.3, 0.4) is 0 Å². The van der Waals surface area contributed by atoms with Crippen LogP contribution in [-0.4, -0.2) is 35.3 Å². The molecule has 0 saturated carbocycles. The molecule has 0 radical (unpaired) electrons. The van der Waals surface area contributed by atoms with Gasteiger partial charge in [0, 0.05) is 18.7 Å². The molecule has 7 nitrogen and oxygen atoms in total. The van der Waals surface area contributed by atoms with Crippen LogP contribution in [0.15, 0.2) is 65.3 Å². The molecule has 0 bridgehead atoms. The lowest BCUT2D eigenvalue weighted by Crippen LogP contribution is -2.49. The van der Waals surface area contributed by atoms with Crippen molar-refractivity contribution in [3.05, 3.63) is 88.9 Å². The van der Waals surface area contributed by atoms with Gasteiger partial charge < -0.3 is 19.4 Å². The standard InChI is InChI=1S/C26H26N2O5/c1-3-18-11-6-8-17(2)24(18)27-23(29)16-33-26(31)21-14-19-9-4-5-10-20(19)15-28(21)25(30)22-12-7-13-32-22/h4-13,21H,3,14-16H2,1-2H3,(H,27,29). The number of anilines is 1. The molecule has 170 valence electrons. The predicted octanol–water partition coefficient (Wildman–Crippen LogP) is 3.90. The van der Waals surface area contributed by atoms with Gasteiger partial charge in [0.15, 0.2) is 12.4 Å². The normalized spacial score (nSPS) is 15.0. The molecule has 0 spiro atoms. The molecule has 7 heteroatoms. The van der Waals surface area contributed by atoms with Crippen LogP contribution in [0.25, 0.3) is 0 Å². The number of amides is 2. The second-order valence-electron chi connectivity index (χ2n) is 8.02. The van der Waals surface area contributed by atoms with Crippen molar-refractivity contribution in [3.63, 3.8) is 0 Å². The molecular weight excluding hydrogens is 420 g/mol. The van der Waals surface area contributed by atoms with E-state index < -0.39 is 30.4 Å². The number of ether oxygens (including phenoxy) is 1. The maximum Gasteiger partial charge on any atom is 0.329 e. The monoisotopic (exact) mass is 446 g/mol. The maximum atomic E-state index is 13.0. The Balaban J connectivity index is 1.47. The SMILES string of the molecule is CCc1cccc(C)c1NC(=O)COC(=O)C1Cc2ccccc2CN1C(=O)c1ccco1. The largest absolute Gasteiger partial charge is 0.459 e. The van der Waals surface area contributed by atoms with E-state index in [9.17, 15) is 14.4 Å². The first-order valence-electron chi connectivity index (χ1n) is 10.9. The molecule has 1 aliphatic rings. The summed E-state index contributed by atoms with van der Waals surface area (Å²) in [5.41, 5.74) is 4.62. The minimum absolute atomic E-state index is 0.150. The van der Waals surface area contributed by atoms with E-state index in [2.05, 4.69) is 5.32 Å². The lowest BCUT2D eigenvalue weighted by Gasteiger charge is -2.34. The highest BCUT2D eigenvalue weighted by Crippen LogP contribution is 2.26. The third-order valence-electron chi connectivity index (χ3n) is 5.86. The molecule has 4 rings (SSSR count). The molecule has 2 heterocycles. The first kappa shape index (κ1) is 22.3. The number of furan rings is 1. The number of hydrogen-bond acceptors (Lipinski definition) is 5.